The Balaban J connectivity index is 0.000000192. The highest BCUT2D eigenvalue weighted by Gasteiger charge is 2.32. The van der Waals surface area contributed by atoms with Gasteiger partial charge >= 0.3 is 18.2 Å². The number of rotatable bonds is 9. The highest BCUT2D eigenvalue weighted by molar-refractivity contribution is 6.28. The summed E-state index contributed by atoms with van der Waals surface area (Å²) in [6.45, 7) is 26.0. The lowest BCUT2D eigenvalue weighted by molar-refractivity contribution is 0.0230. The number of aromatic nitrogens is 4. The number of hydrogen-bond acceptors (Lipinski definition) is 15. The molecule has 1 N–H and O–H groups in total. The Hall–Kier alpha value is -4.55. The Bertz CT molecular complexity index is 2010. The van der Waals surface area contributed by atoms with Gasteiger partial charge in [-0.3, -0.25) is 9.80 Å². The van der Waals surface area contributed by atoms with Crippen LogP contribution in [0.15, 0.2) is 30.3 Å². The Morgan fingerprint density at radius 2 is 1.30 bits per heavy atom. The molecule has 1 aromatic carbocycles. The molecular formula is C46H68ClN11O6. The number of nitrogens with zero attached hydrogens (tertiary/aromatic N) is 10. The molecule has 3 saturated heterocycles. The normalized spacial score (nSPS) is 18.7. The van der Waals surface area contributed by atoms with E-state index in [1.807, 2.05) is 47.6 Å². The molecule has 0 unspecified atom stereocenters. The van der Waals surface area contributed by atoms with Gasteiger partial charge < -0.3 is 43.9 Å². The van der Waals surface area contributed by atoms with Crippen molar-refractivity contribution in [2.75, 3.05) is 115 Å². The molecule has 2 amide bonds. The molecule has 0 atom stereocenters. The number of anilines is 2. The smallest absolute Gasteiger partial charge is 0.410 e. The molecule has 0 radical (unpaired) electrons. The quantitative estimate of drug-likeness (QED) is 0.226. The molecule has 64 heavy (non-hydrogen) atoms. The molecule has 3 aromatic rings. The maximum atomic E-state index is 12.4. The molecule has 18 heteroatoms. The average Bonchev–Trinajstić information content (AvgIpc) is 3.27. The lowest BCUT2D eigenvalue weighted by Gasteiger charge is -2.38. The van der Waals surface area contributed by atoms with Crippen LogP contribution in [0.2, 0.25) is 5.28 Å². The van der Waals surface area contributed by atoms with Gasteiger partial charge in [0.1, 0.15) is 22.8 Å². The summed E-state index contributed by atoms with van der Waals surface area (Å²) in [5.74, 6) is 1.87. The SMILES string of the molecule is CC(C)(C)OC(=O)N1CCN(c2nc(Cl)nc3c2CCN(Cc2ccccc2)C3)CC1.CC(C)(C)OC(=O)N1CCN(c2nc(OCCCN3CCOCC3)nc3c2CCNC3)CC1. The zero-order chi connectivity index (χ0) is 45.3. The van der Waals surface area contributed by atoms with Gasteiger partial charge in [0.05, 0.1) is 31.2 Å². The number of carbonyl (C=O) groups is 2. The van der Waals surface area contributed by atoms with Gasteiger partial charge in [0.25, 0.3) is 0 Å². The van der Waals surface area contributed by atoms with Crippen molar-refractivity contribution in [1.82, 2.24) is 44.9 Å². The average molecular weight is 907 g/mol. The van der Waals surface area contributed by atoms with Crippen molar-refractivity contribution in [3.8, 4) is 6.01 Å². The first-order chi connectivity index (χ1) is 30.7. The maximum absolute atomic E-state index is 12.4. The molecule has 2 aromatic heterocycles. The van der Waals surface area contributed by atoms with Gasteiger partial charge in [-0.25, -0.2) is 19.6 Å². The number of benzene rings is 1. The highest BCUT2D eigenvalue weighted by Crippen LogP contribution is 2.30. The molecule has 7 heterocycles. The summed E-state index contributed by atoms with van der Waals surface area (Å²) in [7, 11) is 0. The number of hydrogen-bond donors (Lipinski definition) is 1. The Morgan fingerprint density at radius 1 is 0.703 bits per heavy atom. The molecule has 3 fully saturated rings. The van der Waals surface area contributed by atoms with Gasteiger partial charge in [-0.05, 0) is 84.5 Å². The standard InChI is InChI=1S/C23H30ClN5O2.C23H38N6O4/c1-23(2,3)31-22(30)29-13-11-28(12-14-29)20-18-9-10-27(15-17-7-5-4-6-8-17)16-19(18)25-21(24)26-20;1-23(2,3)33-22(30)29-10-8-28(9-11-29)20-18-5-6-24-17-19(18)25-21(26-20)32-14-4-7-27-12-15-31-16-13-27/h4-8H,9-16H2,1-3H3;24H,4-17H2,1-3H3. The predicted octanol–water partition coefficient (Wildman–Crippen LogP) is 5.03. The van der Waals surface area contributed by atoms with Gasteiger partial charge in [-0.15, -0.1) is 0 Å². The van der Waals surface area contributed by atoms with E-state index in [4.69, 9.17) is 40.5 Å². The Morgan fingerprint density at radius 3 is 1.91 bits per heavy atom. The monoisotopic (exact) mass is 906 g/mol. The van der Waals surface area contributed by atoms with Crippen LogP contribution in [0.1, 0.15) is 76.0 Å². The number of carbonyl (C=O) groups excluding carboxylic acids is 2. The zero-order valence-corrected chi connectivity index (χ0v) is 39.5. The second-order valence-electron chi connectivity index (χ2n) is 18.9. The van der Waals surface area contributed by atoms with Crippen molar-refractivity contribution in [3.05, 3.63) is 63.7 Å². The van der Waals surface area contributed by atoms with Crippen LogP contribution in [0.25, 0.3) is 0 Å². The minimum Gasteiger partial charge on any atom is -0.463 e. The molecule has 0 saturated carbocycles. The van der Waals surface area contributed by atoms with Crippen molar-refractivity contribution >= 4 is 35.4 Å². The van der Waals surface area contributed by atoms with Crippen LogP contribution in [-0.2, 0) is 46.7 Å². The van der Waals surface area contributed by atoms with Crippen LogP contribution in [0.3, 0.4) is 0 Å². The predicted molar refractivity (Wildman–Crippen MR) is 246 cm³/mol. The van der Waals surface area contributed by atoms with E-state index >= 15 is 0 Å². The first-order valence-electron chi connectivity index (χ1n) is 23.0. The topological polar surface area (TPSA) is 154 Å². The third kappa shape index (κ3) is 13.5. The van der Waals surface area contributed by atoms with E-state index in [2.05, 4.69) is 59.1 Å². The van der Waals surface area contributed by atoms with Crippen molar-refractivity contribution in [2.45, 2.75) is 91.6 Å². The van der Waals surface area contributed by atoms with Crippen LogP contribution in [0, 0.1) is 0 Å². The number of halogens is 1. The molecule has 5 aliphatic rings. The lowest BCUT2D eigenvalue weighted by Crippen LogP contribution is -2.50. The van der Waals surface area contributed by atoms with E-state index in [0.29, 0.717) is 65.0 Å². The second kappa shape index (κ2) is 21.6. The Kier molecular flexibility index (Phi) is 16.0. The van der Waals surface area contributed by atoms with Crippen molar-refractivity contribution in [2.24, 2.45) is 0 Å². The van der Waals surface area contributed by atoms with Crippen LogP contribution < -0.4 is 19.9 Å². The molecule has 0 spiro atoms. The van der Waals surface area contributed by atoms with E-state index in [1.165, 1.54) is 16.7 Å². The largest absolute Gasteiger partial charge is 0.463 e. The minimum absolute atomic E-state index is 0.250. The number of nitrogens with one attached hydrogen (secondary N) is 1. The van der Waals surface area contributed by atoms with Gasteiger partial charge in [0.2, 0.25) is 5.28 Å². The van der Waals surface area contributed by atoms with E-state index < -0.39 is 11.2 Å². The molecule has 350 valence electrons. The van der Waals surface area contributed by atoms with Crippen molar-refractivity contribution in [3.63, 3.8) is 0 Å². The fourth-order valence-corrected chi connectivity index (χ4v) is 8.63. The summed E-state index contributed by atoms with van der Waals surface area (Å²) in [6, 6.07) is 10.9. The minimum atomic E-state index is -0.487. The summed E-state index contributed by atoms with van der Waals surface area (Å²) in [5.41, 5.74) is 4.72. The first kappa shape index (κ1) is 47.4. The number of piperazine rings is 2. The van der Waals surface area contributed by atoms with Crippen LogP contribution in [0.4, 0.5) is 21.2 Å². The number of morpholine rings is 1. The van der Waals surface area contributed by atoms with Crippen LogP contribution in [0.5, 0.6) is 6.01 Å². The van der Waals surface area contributed by atoms with Gasteiger partial charge in [-0.2, -0.15) is 9.97 Å². The van der Waals surface area contributed by atoms with Gasteiger partial charge in [0, 0.05) is 109 Å². The zero-order valence-electron chi connectivity index (χ0n) is 38.7. The summed E-state index contributed by atoms with van der Waals surface area (Å²) in [5, 5.41) is 3.68. The molecule has 0 bridgehead atoms. The second-order valence-corrected chi connectivity index (χ2v) is 19.3. The molecule has 17 nitrogen and oxygen atoms in total. The third-order valence-corrected chi connectivity index (χ3v) is 11.8. The fourth-order valence-electron chi connectivity index (χ4n) is 8.45. The van der Waals surface area contributed by atoms with Gasteiger partial charge in [0.15, 0.2) is 0 Å². The van der Waals surface area contributed by atoms with Crippen molar-refractivity contribution in [1.29, 1.82) is 0 Å². The fraction of sp³-hybridized carbons (Fsp3) is 0.652. The summed E-state index contributed by atoms with van der Waals surface area (Å²) >= 11 is 6.31. The third-order valence-electron chi connectivity index (χ3n) is 11.7. The molecule has 0 aliphatic carbocycles. The van der Waals surface area contributed by atoms with E-state index in [0.717, 1.165) is 108 Å². The summed E-state index contributed by atoms with van der Waals surface area (Å²) in [6.07, 6.45) is 2.21. The van der Waals surface area contributed by atoms with E-state index in [9.17, 15) is 9.59 Å². The maximum Gasteiger partial charge on any atom is 0.410 e. The van der Waals surface area contributed by atoms with Crippen molar-refractivity contribution < 1.29 is 28.5 Å². The molecular weight excluding hydrogens is 838 g/mol. The van der Waals surface area contributed by atoms with Gasteiger partial charge in [-0.1, -0.05) is 30.3 Å². The number of ether oxygens (including phenoxy) is 4. The molecule has 8 rings (SSSR count). The Labute approximate surface area is 383 Å². The first-order valence-corrected chi connectivity index (χ1v) is 23.4. The molecule has 5 aliphatic heterocycles. The number of fused-ring (bicyclic) bond motifs is 2. The lowest BCUT2D eigenvalue weighted by atomic mass is 10.0. The number of amides is 2. The summed E-state index contributed by atoms with van der Waals surface area (Å²) < 4.78 is 22.4. The van der Waals surface area contributed by atoms with E-state index in [-0.39, 0.29) is 17.5 Å². The van der Waals surface area contributed by atoms with E-state index in [1.54, 1.807) is 9.80 Å². The van der Waals surface area contributed by atoms with Crippen LogP contribution >= 0.6 is 11.6 Å². The van der Waals surface area contributed by atoms with Crippen LogP contribution in [-0.4, -0.2) is 168 Å². The highest BCUT2D eigenvalue weighted by atomic mass is 35.5. The summed E-state index contributed by atoms with van der Waals surface area (Å²) in [4.78, 5) is 56.2.